The van der Waals surface area contributed by atoms with E-state index in [2.05, 4.69) is 4.98 Å². The van der Waals surface area contributed by atoms with Crippen molar-refractivity contribution >= 4 is 11.9 Å². The Balaban J connectivity index is 1.87. The van der Waals surface area contributed by atoms with Gasteiger partial charge in [0.05, 0.1) is 6.20 Å². The van der Waals surface area contributed by atoms with E-state index in [4.69, 9.17) is 9.84 Å². The summed E-state index contributed by atoms with van der Waals surface area (Å²) in [6.07, 6.45) is 6.67. The van der Waals surface area contributed by atoms with Crippen LogP contribution in [-0.2, 0) is 9.59 Å². The van der Waals surface area contributed by atoms with Gasteiger partial charge < -0.3 is 14.7 Å². The second-order valence-electron chi connectivity index (χ2n) is 5.15. The van der Waals surface area contributed by atoms with Crippen molar-refractivity contribution in [2.75, 3.05) is 13.2 Å². The number of aliphatic carboxylic acids is 1. The minimum atomic E-state index is -0.820. The molecule has 21 heavy (non-hydrogen) atoms. The maximum Gasteiger partial charge on any atom is 0.303 e. The van der Waals surface area contributed by atoms with Gasteiger partial charge in [0, 0.05) is 25.2 Å². The Hall–Kier alpha value is -2.11. The summed E-state index contributed by atoms with van der Waals surface area (Å²) in [7, 11) is 0. The third-order valence-electron chi connectivity index (χ3n) is 3.64. The number of carboxylic acids is 1. The van der Waals surface area contributed by atoms with Gasteiger partial charge in [0.1, 0.15) is 5.75 Å². The number of likely N-dealkylation sites (tertiary alicyclic amines) is 1. The van der Waals surface area contributed by atoms with Crippen LogP contribution in [0.25, 0.3) is 0 Å². The Bertz CT molecular complexity index is 478. The van der Waals surface area contributed by atoms with Crippen LogP contribution in [0.15, 0.2) is 24.5 Å². The lowest BCUT2D eigenvalue weighted by atomic mass is 9.98. The fourth-order valence-corrected chi connectivity index (χ4v) is 2.58. The average molecular weight is 292 g/mol. The molecule has 2 heterocycles. The van der Waals surface area contributed by atoms with Crippen LogP contribution in [0, 0.1) is 0 Å². The zero-order chi connectivity index (χ0) is 15.1. The van der Waals surface area contributed by atoms with Crippen molar-refractivity contribution in [1.29, 1.82) is 0 Å². The molecule has 1 aliphatic heterocycles. The quantitative estimate of drug-likeness (QED) is 0.863. The topological polar surface area (TPSA) is 79.7 Å². The highest BCUT2D eigenvalue weighted by molar-refractivity contribution is 5.78. The zero-order valence-corrected chi connectivity index (χ0v) is 11.9. The van der Waals surface area contributed by atoms with E-state index in [1.807, 2.05) is 0 Å². The van der Waals surface area contributed by atoms with Crippen molar-refractivity contribution in [1.82, 2.24) is 9.88 Å². The van der Waals surface area contributed by atoms with E-state index in [0.717, 1.165) is 19.3 Å². The van der Waals surface area contributed by atoms with Crippen molar-refractivity contribution in [2.24, 2.45) is 0 Å². The normalized spacial score (nSPS) is 18.3. The van der Waals surface area contributed by atoms with Crippen molar-refractivity contribution in [3.63, 3.8) is 0 Å². The second kappa shape index (κ2) is 7.61. The van der Waals surface area contributed by atoms with Gasteiger partial charge in [0.2, 0.25) is 0 Å². The van der Waals surface area contributed by atoms with Gasteiger partial charge in [0.25, 0.3) is 5.91 Å². The molecule has 114 valence electrons. The number of piperidine rings is 1. The Morgan fingerprint density at radius 2 is 2.29 bits per heavy atom. The predicted octanol–water partition coefficient (Wildman–Crippen LogP) is 1.71. The first-order valence-corrected chi connectivity index (χ1v) is 7.21. The number of pyridine rings is 1. The van der Waals surface area contributed by atoms with Gasteiger partial charge in [-0.3, -0.25) is 14.6 Å². The van der Waals surface area contributed by atoms with Crippen molar-refractivity contribution < 1.29 is 19.4 Å². The first kappa shape index (κ1) is 15.3. The maximum absolute atomic E-state index is 12.3. The summed E-state index contributed by atoms with van der Waals surface area (Å²) in [5, 5.41) is 8.79. The molecule has 1 saturated heterocycles. The lowest BCUT2D eigenvalue weighted by molar-refractivity contribution is -0.141. The number of carboxylic acid groups (broad SMARTS) is 1. The minimum absolute atomic E-state index is 0.0137. The monoisotopic (exact) mass is 292 g/mol. The van der Waals surface area contributed by atoms with Crippen LogP contribution in [0.3, 0.4) is 0 Å². The van der Waals surface area contributed by atoms with Crippen LogP contribution in [0.2, 0.25) is 0 Å². The second-order valence-corrected chi connectivity index (χ2v) is 5.15. The summed E-state index contributed by atoms with van der Waals surface area (Å²) >= 11 is 0. The third-order valence-corrected chi connectivity index (χ3v) is 3.64. The van der Waals surface area contributed by atoms with Gasteiger partial charge in [0.15, 0.2) is 6.61 Å². The van der Waals surface area contributed by atoms with E-state index in [1.165, 1.54) is 0 Å². The zero-order valence-electron chi connectivity index (χ0n) is 11.9. The fraction of sp³-hybridized carbons (Fsp3) is 0.533. The smallest absolute Gasteiger partial charge is 0.303 e. The fourth-order valence-electron chi connectivity index (χ4n) is 2.58. The summed E-state index contributed by atoms with van der Waals surface area (Å²) in [5.41, 5.74) is 0. The number of nitrogens with zero attached hydrogens (tertiary/aromatic N) is 2. The number of carbonyl (C=O) groups excluding carboxylic acids is 1. The van der Waals surface area contributed by atoms with Crippen LogP contribution in [0.4, 0.5) is 0 Å². The number of aromatic nitrogens is 1. The highest BCUT2D eigenvalue weighted by Gasteiger charge is 2.27. The standard InChI is InChI=1S/C15H20N2O4/c18-14(11-21-13-5-3-8-16-10-13)17-9-2-1-4-12(17)6-7-15(19)20/h3,5,8,10,12H,1-2,4,6-7,9,11H2,(H,19,20). The Morgan fingerprint density at radius 1 is 1.43 bits per heavy atom. The van der Waals surface area contributed by atoms with Crippen LogP contribution >= 0.6 is 0 Å². The molecule has 1 aromatic heterocycles. The van der Waals surface area contributed by atoms with Crippen LogP contribution in [-0.4, -0.2) is 46.1 Å². The molecule has 0 saturated carbocycles. The summed E-state index contributed by atoms with van der Waals surface area (Å²) in [5.74, 6) is -0.349. The molecule has 0 spiro atoms. The molecule has 1 aliphatic rings. The highest BCUT2D eigenvalue weighted by atomic mass is 16.5. The lowest BCUT2D eigenvalue weighted by Gasteiger charge is -2.35. The van der Waals surface area contributed by atoms with Gasteiger partial charge in [-0.05, 0) is 37.8 Å². The number of hydrogen-bond donors (Lipinski definition) is 1. The summed E-state index contributed by atoms with van der Waals surface area (Å²) in [6, 6.07) is 3.51. The van der Waals surface area contributed by atoms with E-state index in [9.17, 15) is 9.59 Å². The molecule has 0 radical (unpaired) electrons. The molecule has 1 aromatic rings. The predicted molar refractivity (Wildman–Crippen MR) is 76.0 cm³/mol. The van der Waals surface area contributed by atoms with Crippen LogP contribution < -0.4 is 4.74 Å². The molecule has 1 atom stereocenters. The van der Waals surface area contributed by atoms with Crippen molar-refractivity contribution in [3.8, 4) is 5.75 Å². The molecule has 0 aromatic carbocycles. The molecule has 0 aliphatic carbocycles. The SMILES string of the molecule is O=C(O)CCC1CCCCN1C(=O)COc1cccnc1. The highest BCUT2D eigenvalue weighted by Crippen LogP contribution is 2.21. The van der Waals surface area contributed by atoms with Crippen LogP contribution in [0.1, 0.15) is 32.1 Å². The number of rotatable bonds is 6. The van der Waals surface area contributed by atoms with Crippen molar-refractivity contribution in [2.45, 2.75) is 38.1 Å². The molecule has 1 fully saturated rings. The van der Waals surface area contributed by atoms with Gasteiger partial charge >= 0.3 is 5.97 Å². The first-order chi connectivity index (χ1) is 10.2. The third kappa shape index (κ3) is 4.73. The van der Waals surface area contributed by atoms with Gasteiger partial charge in [-0.15, -0.1) is 0 Å². The first-order valence-electron chi connectivity index (χ1n) is 7.21. The van der Waals surface area contributed by atoms with E-state index in [-0.39, 0.29) is 25.0 Å². The van der Waals surface area contributed by atoms with Gasteiger partial charge in [-0.1, -0.05) is 0 Å². The maximum atomic E-state index is 12.3. The molecule has 6 heteroatoms. The summed E-state index contributed by atoms with van der Waals surface area (Å²) in [4.78, 5) is 28.6. The molecule has 0 bridgehead atoms. The molecule has 6 nitrogen and oxygen atoms in total. The van der Waals surface area contributed by atoms with Gasteiger partial charge in [-0.25, -0.2) is 0 Å². The van der Waals surface area contributed by atoms with E-state index < -0.39 is 5.97 Å². The Kier molecular flexibility index (Phi) is 5.54. The molecular formula is C15H20N2O4. The van der Waals surface area contributed by atoms with E-state index in [0.29, 0.717) is 18.7 Å². The number of hydrogen-bond acceptors (Lipinski definition) is 4. The number of carbonyl (C=O) groups is 2. The number of amides is 1. The summed E-state index contributed by atoms with van der Waals surface area (Å²) in [6.45, 7) is 0.648. The molecule has 1 unspecified atom stereocenters. The van der Waals surface area contributed by atoms with E-state index >= 15 is 0 Å². The molecule has 1 N–H and O–H groups in total. The average Bonchev–Trinajstić information content (AvgIpc) is 2.52. The molecule has 2 rings (SSSR count). The van der Waals surface area contributed by atoms with Crippen LogP contribution in [0.5, 0.6) is 5.75 Å². The molecular weight excluding hydrogens is 272 g/mol. The Morgan fingerprint density at radius 3 is 3.00 bits per heavy atom. The minimum Gasteiger partial charge on any atom is -0.482 e. The Labute approximate surface area is 123 Å². The van der Waals surface area contributed by atoms with E-state index in [1.54, 1.807) is 29.4 Å². The lowest BCUT2D eigenvalue weighted by Crippen LogP contribution is -2.46. The summed E-state index contributed by atoms with van der Waals surface area (Å²) < 4.78 is 5.42. The largest absolute Gasteiger partial charge is 0.482 e. The van der Waals surface area contributed by atoms with Gasteiger partial charge in [-0.2, -0.15) is 0 Å². The molecule has 1 amide bonds. The van der Waals surface area contributed by atoms with Crippen molar-refractivity contribution in [3.05, 3.63) is 24.5 Å². The number of ether oxygens (including phenoxy) is 1.